The summed E-state index contributed by atoms with van der Waals surface area (Å²) in [6, 6.07) is 54.7. The maximum atomic E-state index is 2.48. The van der Waals surface area contributed by atoms with Crippen LogP contribution in [0.25, 0.3) is 66.5 Å². The Hall–Kier alpha value is -5.34. The summed E-state index contributed by atoms with van der Waals surface area (Å²) >= 11 is 0. The van der Waals surface area contributed by atoms with Gasteiger partial charge in [0.2, 0.25) is 0 Å². The van der Waals surface area contributed by atoms with Crippen LogP contribution in [0, 0.1) is 6.92 Å². The van der Waals surface area contributed by atoms with E-state index >= 15 is 0 Å². The first kappa shape index (κ1) is 23.5. The number of para-hydroxylation sites is 1. The molecular formula is C39H28N2. The van der Waals surface area contributed by atoms with Crippen molar-refractivity contribution in [3.05, 3.63) is 157 Å². The van der Waals surface area contributed by atoms with Crippen molar-refractivity contribution in [1.82, 2.24) is 8.97 Å². The molecule has 3 aromatic heterocycles. The second-order valence-electron chi connectivity index (χ2n) is 10.7. The van der Waals surface area contributed by atoms with E-state index in [9.17, 15) is 0 Å². The number of hydrogen-bond acceptors (Lipinski definition) is 0. The Morgan fingerprint density at radius 3 is 1.61 bits per heavy atom. The minimum Gasteiger partial charge on any atom is -0.311 e. The molecule has 0 radical (unpaired) electrons. The van der Waals surface area contributed by atoms with Crippen LogP contribution in [0.4, 0.5) is 0 Å². The smallest absolute Gasteiger partial charge is 0.0809 e. The highest BCUT2D eigenvalue weighted by Gasteiger charge is 2.23. The van der Waals surface area contributed by atoms with Crippen molar-refractivity contribution >= 4 is 27.3 Å². The lowest BCUT2D eigenvalue weighted by atomic mass is 9.98. The molecule has 0 N–H and O–H groups in total. The number of rotatable bonds is 4. The van der Waals surface area contributed by atoms with Crippen LogP contribution < -0.4 is 0 Å². The van der Waals surface area contributed by atoms with Gasteiger partial charge in [-0.05, 0) is 65.6 Å². The molecule has 0 atom stereocenters. The molecule has 0 spiro atoms. The molecule has 2 heteroatoms. The summed E-state index contributed by atoms with van der Waals surface area (Å²) in [5.74, 6) is 0. The monoisotopic (exact) mass is 524 g/mol. The molecule has 0 aliphatic carbocycles. The normalized spacial score (nSPS) is 11.5. The van der Waals surface area contributed by atoms with Gasteiger partial charge in [0.1, 0.15) is 0 Å². The van der Waals surface area contributed by atoms with Crippen molar-refractivity contribution in [1.29, 1.82) is 0 Å². The van der Waals surface area contributed by atoms with Gasteiger partial charge in [0.15, 0.2) is 0 Å². The summed E-state index contributed by atoms with van der Waals surface area (Å²) in [5.41, 5.74) is 13.3. The van der Waals surface area contributed by atoms with Crippen LogP contribution in [-0.2, 0) is 0 Å². The molecular weight excluding hydrogens is 496 g/mol. The van der Waals surface area contributed by atoms with Gasteiger partial charge in [-0.2, -0.15) is 0 Å². The van der Waals surface area contributed by atoms with Gasteiger partial charge in [0.05, 0.1) is 22.2 Å². The fourth-order valence-electron chi connectivity index (χ4n) is 6.40. The first-order valence-corrected chi connectivity index (χ1v) is 14.1. The predicted molar refractivity (Wildman–Crippen MR) is 173 cm³/mol. The van der Waals surface area contributed by atoms with E-state index in [1.807, 2.05) is 0 Å². The van der Waals surface area contributed by atoms with Crippen molar-refractivity contribution in [3.8, 4) is 39.2 Å². The molecule has 8 aromatic rings. The van der Waals surface area contributed by atoms with Crippen molar-refractivity contribution in [3.63, 3.8) is 0 Å². The third-order valence-electron chi connectivity index (χ3n) is 8.20. The SMILES string of the molecule is Cc1cccc2c3c4ccccc4n(-c4cc(-c5ccccc5)cc(-c5ccccc5)c4)c3c(-c3ccccc3)n12. The van der Waals surface area contributed by atoms with E-state index in [1.54, 1.807) is 0 Å². The Labute approximate surface area is 239 Å². The van der Waals surface area contributed by atoms with Crippen LogP contribution in [0.5, 0.6) is 0 Å². The zero-order valence-corrected chi connectivity index (χ0v) is 22.8. The van der Waals surface area contributed by atoms with Crippen LogP contribution in [0.2, 0.25) is 0 Å². The van der Waals surface area contributed by atoms with Gasteiger partial charge in [0, 0.05) is 27.7 Å². The Morgan fingerprint density at radius 1 is 0.439 bits per heavy atom. The molecule has 194 valence electrons. The molecule has 2 nitrogen and oxygen atoms in total. The summed E-state index contributed by atoms with van der Waals surface area (Å²) in [5, 5.41) is 2.55. The summed E-state index contributed by atoms with van der Waals surface area (Å²) in [7, 11) is 0. The molecule has 0 unspecified atom stereocenters. The molecule has 0 aliphatic rings. The summed E-state index contributed by atoms with van der Waals surface area (Å²) in [6.45, 7) is 2.20. The van der Waals surface area contributed by atoms with Crippen LogP contribution in [-0.4, -0.2) is 8.97 Å². The minimum absolute atomic E-state index is 1.15. The van der Waals surface area contributed by atoms with Gasteiger partial charge in [-0.25, -0.2) is 0 Å². The van der Waals surface area contributed by atoms with E-state index < -0.39 is 0 Å². The van der Waals surface area contributed by atoms with Crippen molar-refractivity contribution < 1.29 is 0 Å². The van der Waals surface area contributed by atoms with E-state index in [1.165, 1.54) is 66.5 Å². The molecule has 5 aromatic carbocycles. The Balaban J connectivity index is 1.56. The number of pyridine rings is 1. The molecule has 0 amide bonds. The number of aromatic nitrogens is 2. The highest BCUT2D eigenvalue weighted by Crippen LogP contribution is 2.43. The lowest BCUT2D eigenvalue weighted by Crippen LogP contribution is -1.99. The standard InChI is InChI=1S/C39H28N2/c1-27-14-13-23-36-37-34-21-11-12-22-35(34)41(39(37)38(40(27)36)30-19-9-4-10-20-30)33-25-31(28-15-5-2-6-16-28)24-32(26-33)29-17-7-3-8-18-29/h2-26H,1H3. The Morgan fingerprint density at radius 2 is 0.976 bits per heavy atom. The van der Waals surface area contributed by atoms with E-state index in [-0.39, 0.29) is 0 Å². The largest absolute Gasteiger partial charge is 0.311 e. The predicted octanol–water partition coefficient (Wildman–Crippen LogP) is 10.3. The van der Waals surface area contributed by atoms with Crippen LogP contribution in [0.3, 0.4) is 0 Å². The van der Waals surface area contributed by atoms with Gasteiger partial charge in [0.25, 0.3) is 0 Å². The number of hydrogen-bond donors (Lipinski definition) is 0. The van der Waals surface area contributed by atoms with Crippen molar-refractivity contribution in [2.75, 3.05) is 0 Å². The molecule has 0 saturated carbocycles. The topological polar surface area (TPSA) is 9.34 Å². The molecule has 0 fully saturated rings. The van der Waals surface area contributed by atoms with Gasteiger partial charge in [-0.15, -0.1) is 0 Å². The van der Waals surface area contributed by atoms with E-state index in [2.05, 4.69) is 168 Å². The highest BCUT2D eigenvalue weighted by molar-refractivity contribution is 6.21. The van der Waals surface area contributed by atoms with Crippen molar-refractivity contribution in [2.24, 2.45) is 0 Å². The van der Waals surface area contributed by atoms with Gasteiger partial charge in [-0.1, -0.05) is 115 Å². The van der Waals surface area contributed by atoms with Gasteiger partial charge in [-0.3, -0.25) is 0 Å². The van der Waals surface area contributed by atoms with Gasteiger partial charge >= 0.3 is 0 Å². The van der Waals surface area contributed by atoms with Crippen LogP contribution in [0.1, 0.15) is 5.69 Å². The fraction of sp³-hybridized carbons (Fsp3) is 0.0256. The molecule has 8 rings (SSSR count). The first-order chi connectivity index (χ1) is 20.3. The molecule has 41 heavy (non-hydrogen) atoms. The van der Waals surface area contributed by atoms with Crippen LogP contribution >= 0.6 is 0 Å². The van der Waals surface area contributed by atoms with Crippen molar-refractivity contribution in [2.45, 2.75) is 6.92 Å². The van der Waals surface area contributed by atoms with Crippen LogP contribution in [0.15, 0.2) is 152 Å². The summed E-state index contributed by atoms with van der Waals surface area (Å²) in [4.78, 5) is 0. The molecule has 0 bridgehead atoms. The molecule has 3 heterocycles. The summed E-state index contributed by atoms with van der Waals surface area (Å²) in [6.07, 6.45) is 0. The molecule has 0 aliphatic heterocycles. The lowest BCUT2D eigenvalue weighted by molar-refractivity contribution is 1.10. The second-order valence-corrected chi connectivity index (χ2v) is 10.7. The highest BCUT2D eigenvalue weighted by atomic mass is 15.0. The van der Waals surface area contributed by atoms with E-state index in [0.29, 0.717) is 0 Å². The summed E-state index contributed by atoms with van der Waals surface area (Å²) < 4.78 is 4.92. The average Bonchev–Trinajstić information content (AvgIpc) is 3.56. The zero-order chi connectivity index (χ0) is 27.3. The zero-order valence-electron chi connectivity index (χ0n) is 22.8. The Kier molecular flexibility index (Phi) is 5.39. The molecule has 0 saturated heterocycles. The number of benzene rings is 5. The number of fused-ring (bicyclic) bond motifs is 5. The van der Waals surface area contributed by atoms with E-state index in [0.717, 1.165) is 5.69 Å². The fourth-order valence-corrected chi connectivity index (χ4v) is 6.40. The number of nitrogens with zero attached hydrogens (tertiary/aromatic N) is 2. The van der Waals surface area contributed by atoms with E-state index in [4.69, 9.17) is 0 Å². The maximum Gasteiger partial charge on any atom is 0.0809 e. The number of aryl methyl sites for hydroxylation is 1. The van der Waals surface area contributed by atoms with Gasteiger partial charge < -0.3 is 8.97 Å². The Bertz CT molecular complexity index is 2130. The third-order valence-corrected chi connectivity index (χ3v) is 8.20. The minimum atomic E-state index is 1.15. The third kappa shape index (κ3) is 3.72. The maximum absolute atomic E-state index is 2.48. The average molecular weight is 525 g/mol. The second kappa shape index (κ2) is 9.39. The quantitative estimate of drug-likeness (QED) is 0.217. The first-order valence-electron chi connectivity index (χ1n) is 14.1. The lowest BCUT2D eigenvalue weighted by Gasteiger charge is -2.15.